The molecular formula is C23H28F3N7O3S. The predicted octanol–water partition coefficient (Wildman–Crippen LogP) is 3.61. The Balaban J connectivity index is 1.42. The molecule has 0 bridgehead atoms. The van der Waals surface area contributed by atoms with Gasteiger partial charge in [0.25, 0.3) is 0 Å². The van der Waals surface area contributed by atoms with Crippen molar-refractivity contribution in [1.29, 1.82) is 0 Å². The van der Waals surface area contributed by atoms with E-state index in [0.29, 0.717) is 68.1 Å². The summed E-state index contributed by atoms with van der Waals surface area (Å²) in [5, 5.41) is 6.02. The second kappa shape index (κ2) is 10.4. The Morgan fingerprint density at radius 2 is 1.62 bits per heavy atom. The molecule has 1 saturated heterocycles. The third-order valence-electron chi connectivity index (χ3n) is 6.67. The number of fused-ring (bicyclic) bond motifs is 1. The summed E-state index contributed by atoms with van der Waals surface area (Å²) >= 11 is 0. The van der Waals surface area contributed by atoms with Gasteiger partial charge in [0.2, 0.25) is 21.9 Å². The molecule has 37 heavy (non-hydrogen) atoms. The topological polar surface area (TPSA) is 123 Å². The number of aromatic nitrogens is 4. The zero-order chi connectivity index (χ0) is 26.2. The van der Waals surface area contributed by atoms with E-state index in [0.717, 1.165) is 19.1 Å². The fourth-order valence-electron chi connectivity index (χ4n) is 4.95. The lowest BCUT2D eigenvalue weighted by Gasteiger charge is -2.29. The molecule has 10 nitrogen and oxygen atoms in total. The van der Waals surface area contributed by atoms with Crippen LogP contribution in [-0.4, -0.2) is 59.5 Å². The number of hydrogen-bond acceptors (Lipinski definition) is 8. The number of nitrogens with zero attached hydrogens (tertiary/aromatic N) is 4. The molecule has 0 atom stereocenters. The molecule has 0 unspecified atom stereocenters. The number of imidazole rings is 1. The highest BCUT2D eigenvalue weighted by Crippen LogP contribution is 2.33. The van der Waals surface area contributed by atoms with Crippen molar-refractivity contribution in [2.45, 2.75) is 56.7 Å². The molecule has 2 aliphatic rings. The molecule has 1 aliphatic carbocycles. The van der Waals surface area contributed by atoms with Gasteiger partial charge in [0.05, 0.1) is 12.5 Å². The first-order valence-corrected chi connectivity index (χ1v) is 14.0. The fourth-order valence-corrected chi connectivity index (χ4v) is 5.79. The van der Waals surface area contributed by atoms with Gasteiger partial charge in [0.15, 0.2) is 17.3 Å². The first-order valence-electron chi connectivity index (χ1n) is 12.1. The molecule has 0 spiro atoms. The molecule has 2 fully saturated rings. The van der Waals surface area contributed by atoms with Crippen LogP contribution in [0.1, 0.15) is 44.6 Å². The van der Waals surface area contributed by atoms with Gasteiger partial charge in [0.1, 0.15) is 17.0 Å². The van der Waals surface area contributed by atoms with Crippen molar-refractivity contribution in [2.75, 3.05) is 30.1 Å². The van der Waals surface area contributed by atoms with Crippen LogP contribution in [0.5, 0.6) is 0 Å². The summed E-state index contributed by atoms with van der Waals surface area (Å²) in [6.45, 7) is 1.04. The molecule has 0 amide bonds. The van der Waals surface area contributed by atoms with Crippen molar-refractivity contribution in [2.24, 2.45) is 0 Å². The van der Waals surface area contributed by atoms with Crippen LogP contribution in [0, 0.1) is 17.5 Å². The average Bonchev–Trinajstić information content (AvgIpc) is 3.19. The number of ether oxygens (including phenoxy) is 1. The molecule has 1 saturated carbocycles. The van der Waals surface area contributed by atoms with Crippen LogP contribution in [0.2, 0.25) is 0 Å². The Hall–Kier alpha value is -2.97. The summed E-state index contributed by atoms with van der Waals surface area (Å²) in [7, 11) is -3.25. The zero-order valence-electron chi connectivity index (χ0n) is 20.2. The molecule has 14 heteroatoms. The lowest BCUT2D eigenvalue weighted by molar-refractivity contribution is 0.0710. The number of anilines is 3. The Bertz CT molecular complexity index is 1360. The smallest absolute Gasteiger partial charge is 0.224 e. The van der Waals surface area contributed by atoms with Crippen LogP contribution in [0.25, 0.3) is 11.2 Å². The van der Waals surface area contributed by atoms with Crippen molar-refractivity contribution < 1.29 is 26.3 Å². The van der Waals surface area contributed by atoms with Gasteiger partial charge in [-0.15, -0.1) is 0 Å². The second-order valence-electron chi connectivity index (χ2n) is 9.50. The maximum Gasteiger partial charge on any atom is 0.224 e. The van der Waals surface area contributed by atoms with E-state index < -0.39 is 33.2 Å². The Kier molecular flexibility index (Phi) is 7.23. The number of nitrogens with one attached hydrogen (secondary N) is 3. The van der Waals surface area contributed by atoms with Crippen molar-refractivity contribution in [3.05, 3.63) is 35.8 Å². The Morgan fingerprint density at radius 1 is 0.973 bits per heavy atom. The minimum Gasteiger partial charge on any atom is -0.381 e. The third-order valence-corrected chi connectivity index (χ3v) is 7.44. The van der Waals surface area contributed by atoms with Gasteiger partial charge in [-0.05, 0) is 38.5 Å². The SMILES string of the molecule is CS(=O)(=O)NC1CCC(Nc2ncc3nc(Nc4c(F)cc(F)cc4F)n(C4CCOCC4)c3n2)CC1. The van der Waals surface area contributed by atoms with Gasteiger partial charge < -0.3 is 15.4 Å². The van der Waals surface area contributed by atoms with E-state index in [4.69, 9.17) is 4.74 Å². The van der Waals surface area contributed by atoms with E-state index in [1.807, 2.05) is 0 Å². The van der Waals surface area contributed by atoms with E-state index in [2.05, 4.69) is 30.3 Å². The molecular weight excluding hydrogens is 511 g/mol. The third kappa shape index (κ3) is 5.96. The van der Waals surface area contributed by atoms with Crippen molar-refractivity contribution in [3.63, 3.8) is 0 Å². The highest BCUT2D eigenvalue weighted by Gasteiger charge is 2.27. The van der Waals surface area contributed by atoms with E-state index in [9.17, 15) is 21.6 Å². The number of rotatable bonds is 7. The van der Waals surface area contributed by atoms with Crippen LogP contribution in [0.4, 0.5) is 30.8 Å². The minimum atomic E-state index is -3.25. The van der Waals surface area contributed by atoms with Gasteiger partial charge >= 0.3 is 0 Å². The number of halogens is 3. The van der Waals surface area contributed by atoms with E-state index in [-0.39, 0.29) is 24.1 Å². The number of sulfonamides is 1. The lowest BCUT2D eigenvalue weighted by atomic mass is 9.92. The quantitative estimate of drug-likeness (QED) is 0.416. The maximum atomic E-state index is 14.4. The summed E-state index contributed by atoms with van der Waals surface area (Å²) in [5.74, 6) is -2.60. The first-order chi connectivity index (χ1) is 17.7. The van der Waals surface area contributed by atoms with Crippen LogP contribution < -0.4 is 15.4 Å². The van der Waals surface area contributed by atoms with E-state index >= 15 is 0 Å². The molecule has 0 radical (unpaired) electrons. The standard InChI is InChI=1S/C23H28F3N7O3S/c1-37(34,35)32-15-4-2-14(3-5-15)28-22-27-12-19-21(31-22)33(16-6-8-36-9-7-16)23(29-19)30-20-17(25)10-13(24)11-18(20)26/h10-12,14-16,32H,2-9H2,1H3,(H,29,30)(H,27,28,31). The summed E-state index contributed by atoms with van der Waals surface area (Å²) in [4.78, 5) is 13.5. The summed E-state index contributed by atoms with van der Waals surface area (Å²) in [5.41, 5.74) is 0.418. The van der Waals surface area contributed by atoms with Gasteiger partial charge in [-0.25, -0.2) is 36.3 Å². The summed E-state index contributed by atoms with van der Waals surface area (Å²) < 4.78 is 75.1. The molecule has 200 valence electrons. The minimum absolute atomic E-state index is 0.0644. The van der Waals surface area contributed by atoms with Gasteiger partial charge in [-0.1, -0.05) is 0 Å². The highest BCUT2D eigenvalue weighted by atomic mass is 32.2. The first kappa shape index (κ1) is 25.7. The number of hydrogen-bond donors (Lipinski definition) is 3. The zero-order valence-corrected chi connectivity index (χ0v) is 21.0. The predicted molar refractivity (Wildman–Crippen MR) is 132 cm³/mol. The van der Waals surface area contributed by atoms with E-state index in [1.54, 1.807) is 10.8 Å². The molecule has 5 rings (SSSR count). The second-order valence-corrected chi connectivity index (χ2v) is 11.3. The maximum absolute atomic E-state index is 14.4. The molecule has 3 heterocycles. The summed E-state index contributed by atoms with van der Waals surface area (Å²) in [6.07, 6.45) is 6.86. The summed E-state index contributed by atoms with van der Waals surface area (Å²) in [6, 6.07) is 1.10. The molecule has 3 aromatic rings. The largest absolute Gasteiger partial charge is 0.381 e. The van der Waals surface area contributed by atoms with Crippen molar-refractivity contribution >= 4 is 38.8 Å². The molecule has 1 aromatic carbocycles. The van der Waals surface area contributed by atoms with Crippen molar-refractivity contribution in [3.8, 4) is 0 Å². The van der Waals surface area contributed by atoms with E-state index in [1.165, 1.54) is 0 Å². The van der Waals surface area contributed by atoms with Crippen LogP contribution in [0.15, 0.2) is 18.3 Å². The average molecular weight is 540 g/mol. The highest BCUT2D eigenvalue weighted by molar-refractivity contribution is 7.88. The van der Waals surface area contributed by atoms with Crippen molar-refractivity contribution in [1.82, 2.24) is 24.2 Å². The molecule has 1 aliphatic heterocycles. The van der Waals surface area contributed by atoms with Gasteiger partial charge in [0, 0.05) is 43.5 Å². The molecule has 3 N–H and O–H groups in total. The fraction of sp³-hybridized carbons (Fsp3) is 0.522. The Morgan fingerprint density at radius 3 is 2.27 bits per heavy atom. The van der Waals surface area contributed by atoms with Gasteiger partial charge in [-0.2, -0.15) is 4.98 Å². The van der Waals surface area contributed by atoms with Crippen LogP contribution in [-0.2, 0) is 14.8 Å². The van der Waals surface area contributed by atoms with Crippen LogP contribution >= 0.6 is 0 Å². The molecule has 2 aromatic heterocycles. The van der Waals surface area contributed by atoms with Gasteiger partial charge in [-0.3, -0.25) is 4.57 Å². The lowest BCUT2D eigenvalue weighted by Crippen LogP contribution is -2.39. The normalized spacial score (nSPS) is 21.3. The Labute approximate surface area is 212 Å². The van der Waals surface area contributed by atoms with Crippen LogP contribution in [0.3, 0.4) is 0 Å². The number of benzene rings is 1. The monoisotopic (exact) mass is 539 g/mol.